The molecule has 2 rings (SSSR count). The van der Waals surface area contributed by atoms with Crippen LogP contribution in [0.15, 0.2) is 12.3 Å². The fraction of sp³-hybridized carbons (Fsp3) is 0.667. The Balaban J connectivity index is 2.00. The molecular weight excluding hydrogens is 228 g/mol. The molecule has 2 unspecified atom stereocenters. The summed E-state index contributed by atoms with van der Waals surface area (Å²) in [6.45, 7) is 0.403. The summed E-state index contributed by atoms with van der Waals surface area (Å²) in [5.41, 5.74) is 0.954. The summed E-state index contributed by atoms with van der Waals surface area (Å²) in [6.07, 6.45) is 3.22. The molecule has 16 heavy (non-hydrogen) atoms. The fourth-order valence-corrected chi connectivity index (χ4v) is 2.78. The van der Waals surface area contributed by atoms with Crippen LogP contribution < -0.4 is 10.5 Å². The molecule has 1 fully saturated rings. The Morgan fingerprint density at radius 1 is 1.56 bits per heavy atom. The lowest BCUT2D eigenvalue weighted by molar-refractivity contribution is 0.399. The number of nitrogens with two attached hydrogens (primary N) is 1. The minimum atomic E-state index is -3.41. The molecule has 2 atom stereocenters. The molecule has 0 aromatic carbocycles. The molecule has 7 heteroatoms. The van der Waals surface area contributed by atoms with Crippen LogP contribution >= 0.6 is 0 Å². The molecule has 0 saturated carbocycles. The highest BCUT2D eigenvalue weighted by molar-refractivity contribution is 7.89. The minimum absolute atomic E-state index is 0.138. The Morgan fingerprint density at radius 3 is 2.75 bits per heavy atom. The molecule has 1 aliphatic heterocycles. The van der Waals surface area contributed by atoms with Crippen molar-refractivity contribution in [3.05, 3.63) is 18.0 Å². The number of hydrogen-bond acceptors (Lipinski definition) is 4. The predicted octanol–water partition coefficient (Wildman–Crippen LogP) is -0.498. The monoisotopic (exact) mass is 244 g/mol. The highest BCUT2D eigenvalue weighted by atomic mass is 32.2. The molecule has 1 saturated heterocycles. The van der Waals surface area contributed by atoms with E-state index in [0.29, 0.717) is 13.0 Å². The molecule has 2 heterocycles. The van der Waals surface area contributed by atoms with E-state index in [1.165, 1.54) is 0 Å². The van der Waals surface area contributed by atoms with E-state index in [4.69, 9.17) is 5.14 Å². The van der Waals surface area contributed by atoms with Crippen molar-refractivity contribution >= 4 is 10.0 Å². The van der Waals surface area contributed by atoms with Gasteiger partial charge in [0, 0.05) is 19.8 Å². The van der Waals surface area contributed by atoms with E-state index in [9.17, 15) is 8.42 Å². The number of aryl methyl sites for hydroxylation is 1. The third-order valence-electron chi connectivity index (χ3n) is 2.93. The normalized spacial score (nSPS) is 26.9. The Hall–Kier alpha value is -0.920. The van der Waals surface area contributed by atoms with Crippen LogP contribution in [0.4, 0.5) is 0 Å². The van der Waals surface area contributed by atoms with Crippen LogP contribution in [0.2, 0.25) is 0 Å². The summed E-state index contributed by atoms with van der Waals surface area (Å²) in [7, 11) is -1.55. The van der Waals surface area contributed by atoms with Crippen LogP contribution in [0.25, 0.3) is 0 Å². The van der Waals surface area contributed by atoms with Gasteiger partial charge in [0.05, 0.1) is 17.0 Å². The van der Waals surface area contributed by atoms with Crippen molar-refractivity contribution in [2.24, 2.45) is 12.2 Å². The fourth-order valence-electron chi connectivity index (χ4n) is 1.98. The van der Waals surface area contributed by atoms with Gasteiger partial charge in [0.1, 0.15) is 0 Å². The average Bonchev–Trinajstić information content (AvgIpc) is 2.64. The quantitative estimate of drug-likeness (QED) is 0.734. The SMILES string of the molecule is Cn1ccc(C2CCC(S(N)(=O)=O)CN2)n1. The summed E-state index contributed by atoms with van der Waals surface area (Å²) in [4.78, 5) is 0. The van der Waals surface area contributed by atoms with Crippen LogP contribution in [0.1, 0.15) is 24.6 Å². The first-order valence-electron chi connectivity index (χ1n) is 5.21. The molecule has 0 radical (unpaired) electrons. The standard InChI is InChI=1S/C9H16N4O2S/c1-13-5-4-9(12-13)8-3-2-7(6-11-8)16(10,14)15/h4-5,7-8,11H,2-3,6H2,1H3,(H2,10,14,15). The second-order valence-corrected chi connectivity index (χ2v) is 6.01. The van der Waals surface area contributed by atoms with E-state index < -0.39 is 15.3 Å². The van der Waals surface area contributed by atoms with E-state index in [1.807, 2.05) is 19.3 Å². The van der Waals surface area contributed by atoms with Gasteiger partial charge in [-0.3, -0.25) is 4.68 Å². The van der Waals surface area contributed by atoms with Crippen LogP contribution in [0.5, 0.6) is 0 Å². The van der Waals surface area contributed by atoms with Crippen molar-refractivity contribution < 1.29 is 8.42 Å². The number of nitrogens with zero attached hydrogens (tertiary/aromatic N) is 2. The van der Waals surface area contributed by atoms with Crippen LogP contribution in [-0.4, -0.2) is 30.0 Å². The van der Waals surface area contributed by atoms with Gasteiger partial charge in [-0.15, -0.1) is 0 Å². The Labute approximate surface area is 94.9 Å². The number of primary sulfonamides is 1. The van der Waals surface area contributed by atoms with E-state index in [1.54, 1.807) is 4.68 Å². The van der Waals surface area contributed by atoms with Gasteiger partial charge in [0.15, 0.2) is 0 Å². The van der Waals surface area contributed by atoms with Gasteiger partial charge in [-0.05, 0) is 18.9 Å². The number of aromatic nitrogens is 2. The lowest BCUT2D eigenvalue weighted by Gasteiger charge is -2.27. The molecule has 0 bridgehead atoms. The summed E-state index contributed by atoms with van der Waals surface area (Å²) >= 11 is 0. The van der Waals surface area contributed by atoms with Gasteiger partial charge in [0.2, 0.25) is 10.0 Å². The van der Waals surface area contributed by atoms with Crippen LogP contribution in [0.3, 0.4) is 0 Å². The van der Waals surface area contributed by atoms with E-state index in [-0.39, 0.29) is 6.04 Å². The van der Waals surface area contributed by atoms with Gasteiger partial charge < -0.3 is 5.32 Å². The minimum Gasteiger partial charge on any atom is -0.307 e. The maximum atomic E-state index is 11.2. The maximum absolute atomic E-state index is 11.2. The van der Waals surface area contributed by atoms with Gasteiger partial charge in [-0.2, -0.15) is 5.10 Å². The lowest BCUT2D eigenvalue weighted by atomic mass is 10.0. The third-order valence-corrected chi connectivity index (χ3v) is 4.26. The smallest absolute Gasteiger partial charge is 0.213 e. The summed E-state index contributed by atoms with van der Waals surface area (Å²) in [6, 6.07) is 2.08. The summed E-state index contributed by atoms with van der Waals surface area (Å²) in [5.74, 6) is 0. The van der Waals surface area contributed by atoms with Crippen molar-refractivity contribution in [1.82, 2.24) is 15.1 Å². The summed E-state index contributed by atoms with van der Waals surface area (Å²) < 4.78 is 24.0. The van der Waals surface area contributed by atoms with E-state index >= 15 is 0 Å². The number of rotatable bonds is 2. The molecule has 3 N–H and O–H groups in total. The van der Waals surface area contributed by atoms with E-state index in [0.717, 1.165) is 12.1 Å². The number of sulfonamides is 1. The zero-order chi connectivity index (χ0) is 11.8. The molecule has 1 aromatic rings. The molecule has 90 valence electrons. The average molecular weight is 244 g/mol. The molecule has 0 aliphatic carbocycles. The van der Waals surface area contributed by atoms with Crippen LogP contribution in [0, 0.1) is 0 Å². The highest BCUT2D eigenvalue weighted by Gasteiger charge is 2.29. The topological polar surface area (TPSA) is 90.0 Å². The number of nitrogens with one attached hydrogen (secondary N) is 1. The lowest BCUT2D eigenvalue weighted by Crippen LogP contribution is -2.43. The first kappa shape index (κ1) is 11.6. The number of piperidine rings is 1. The van der Waals surface area contributed by atoms with Crippen molar-refractivity contribution in [1.29, 1.82) is 0 Å². The predicted molar refractivity (Wildman–Crippen MR) is 60.1 cm³/mol. The Kier molecular flexibility index (Phi) is 3.00. The second-order valence-electron chi connectivity index (χ2n) is 4.16. The largest absolute Gasteiger partial charge is 0.307 e. The first-order chi connectivity index (χ1) is 7.47. The molecule has 0 spiro atoms. The van der Waals surface area contributed by atoms with Crippen molar-refractivity contribution in [2.45, 2.75) is 24.1 Å². The number of hydrogen-bond donors (Lipinski definition) is 2. The van der Waals surface area contributed by atoms with Crippen molar-refractivity contribution in [3.63, 3.8) is 0 Å². The van der Waals surface area contributed by atoms with Gasteiger partial charge in [-0.1, -0.05) is 0 Å². The third kappa shape index (κ3) is 2.42. The first-order valence-corrected chi connectivity index (χ1v) is 6.82. The Morgan fingerprint density at radius 2 is 2.31 bits per heavy atom. The maximum Gasteiger partial charge on any atom is 0.213 e. The van der Waals surface area contributed by atoms with Crippen molar-refractivity contribution in [2.75, 3.05) is 6.54 Å². The summed E-state index contributed by atoms with van der Waals surface area (Å²) in [5, 5.41) is 12.1. The van der Waals surface area contributed by atoms with Gasteiger partial charge >= 0.3 is 0 Å². The second kappa shape index (κ2) is 4.15. The molecule has 0 amide bonds. The highest BCUT2D eigenvalue weighted by Crippen LogP contribution is 2.23. The van der Waals surface area contributed by atoms with Gasteiger partial charge in [0.25, 0.3) is 0 Å². The molecule has 6 nitrogen and oxygen atoms in total. The van der Waals surface area contributed by atoms with E-state index in [2.05, 4.69) is 10.4 Å². The Bertz CT molecular complexity index is 460. The molecular formula is C9H16N4O2S. The van der Waals surface area contributed by atoms with Gasteiger partial charge in [-0.25, -0.2) is 13.6 Å². The zero-order valence-electron chi connectivity index (χ0n) is 9.13. The zero-order valence-corrected chi connectivity index (χ0v) is 9.94. The molecule has 1 aliphatic rings. The van der Waals surface area contributed by atoms with Crippen LogP contribution in [-0.2, 0) is 17.1 Å². The molecule has 1 aromatic heterocycles. The van der Waals surface area contributed by atoms with Crippen molar-refractivity contribution in [3.8, 4) is 0 Å².